The molecule has 392 valence electrons. The van der Waals surface area contributed by atoms with Crippen molar-refractivity contribution in [2.75, 3.05) is 27.4 Å². The average molecular weight is 1030 g/mol. The maximum absolute atomic E-state index is 14.2. The van der Waals surface area contributed by atoms with Crippen molar-refractivity contribution >= 4 is 41.6 Å². The number of ether oxygens (including phenoxy) is 13. The summed E-state index contributed by atoms with van der Waals surface area (Å²) in [7, 11) is 2.91. The molecule has 0 bridgehead atoms. The van der Waals surface area contributed by atoms with Crippen LogP contribution in [0, 0.1) is 0 Å². The lowest BCUT2D eigenvalue weighted by atomic mass is 9.95. The number of hydrogen-bond acceptors (Lipinski definition) is 20. The Balaban J connectivity index is 1.14. The number of benzene rings is 5. The van der Waals surface area contributed by atoms with Crippen LogP contribution >= 0.6 is 0 Å². The standard InChI is InChI=1S/C55H52O20/c1-30(56)67-46-44(73-55(50(69-32(3)58)48(46)68-31(2)57)72-42-26-38(64-5)25-41-45(42)39(59)27-40(70-41)33-21-23-37(63-4)24-22-33)29-66-54-49(75-53(62)36-19-13-8-14-20-36)47(74-52(61)35-17-11-7-12-18-35)43(28-65-54)71-51(60)34-15-9-6-10-16-34/h6-26,40,43-44,46-50,54-55H,27-29H2,1-5H3/t40?,43-,44-,46-,47+,48+,49-,50-,54+,55-/m1/s1. The summed E-state index contributed by atoms with van der Waals surface area (Å²) >= 11 is 0. The van der Waals surface area contributed by atoms with E-state index in [9.17, 15) is 33.6 Å². The monoisotopic (exact) mass is 1030 g/mol. The molecule has 75 heavy (non-hydrogen) atoms. The fourth-order valence-electron chi connectivity index (χ4n) is 8.58. The number of fused-ring (bicyclic) bond motifs is 1. The van der Waals surface area contributed by atoms with Gasteiger partial charge in [0.15, 0.2) is 42.6 Å². The zero-order chi connectivity index (χ0) is 53.2. The van der Waals surface area contributed by atoms with Gasteiger partial charge in [0.2, 0.25) is 12.4 Å². The second kappa shape index (κ2) is 24.1. The molecule has 20 heteroatoms. The lowest BCUT2D eigenvalue weighted by Crippen LogP contribution is -2.64. The molecule has 8 rings (SSSR count). The highest BCUT2D eigenvalue weighted by molar-refractivity contribution is 6.03. The molecule has 3 aliphatic rings. The van der Waals surface area contributed by atoms with Crippen molar-refractivity contribution in [1.29, 1.82) is 0 Å². The third-order valence-corrected chi connectivity index (χ3v) is 12.0. The molecular weight excluding hydrogens is 981 g/mol. The average Bonchev–Trinajstić information content (AvgIpc) is 3.41. The molecule has 2 fully saturated rings. The minimum atomic E-state index is -1.78. The van der Waals surface area contributed by atoms with E-state index < -0.39 is 116 Å². The maximum atomic E-state index is 14.2. The molecule has 2 saturated heterocycles. The molecule has 0 N–H and O–H groups in total. The fraction of sp³-hybridized carbons (Fsp3) is 0.327. The molecule has 3 aliphatic heterocycles. The summed E-state index contributed by atoms with van der Waals surface area (Å²) in [5.41, 5.74) is 0.997. The predicted octanol–water partition coefficient (Wildman–Crippen LogP) is 6.36. The van der Waals surface area contributed by atoms with Gasteiger partial charge in [-0.05, 0) is 54.1 Å². The molecule has 0 saturated carbocycles. The highest BCUT2D eigenvalue weighted by atomic mass is 16.8. The van der Waals surface area contributed by atoms with Crippen LogP contribution in [0.15, 0.2) is 127 Å². The van der Waals surface area contributed by atoms with Gasteiger partial charge in [0.1, 0.15) is 40.8 Å². The van der Waals surface area contributed by atoms with Gasteiger partial charge >= 0.3 is 35.8 Å². The lowest BCUT2D eigenvalue weighted by Gasteiger charge is -2.45. The number of methoxy groups -OCH3 is 2. The quantitative estimate of drug-likeness (QED) is 0.0727. The largest absolute Gasteiger partial charge is 0.497 e. The van der Waals surface area contributed by atoms with Crippen LogP contribution in [-0.2, 0) is 57.0 Å². The van der Waals surface area contributed by atoms with Crippen molar-refractivity contribution in [1.82, 2.24) is 0 Å². The Kier molecular flexibility index (Phi) is 17.0. The van der Waals surface area contributed by atoms with Crippen molar-refractivity contribution < 1.29 is 95.1 Å². The van der Waals surface area contributed by atoms with Crippen LogP contribution in [0.1, 0.15) is 80.3 Å². The van der Waals surface area contributed by atoms with E-state index in [0.717, 1.165) is 20.8 Å². The van der Waals surface area contributed by atoms with E-state index in [2.05, 4.69) is 0 Å². The summed E-state index contributed by atoms with van der Waals surface area (Å²) in [6.45, 7) is 2.05. The first-order chi connectivity index (χ1) is 36.2. The first-order valence-electron chi connectivity index (χ1n) is 23.6. The Hall–Kier alpha value is -8.33. The number of carbonyl (C=O) groups is 7. The highest BCUT2D eigenvalue weighted by Gasteiger charge is 2.55. The second-order valence-corrected chi connectivity index (χ2v) is 17.2. The first-order valence-corrected chi connectivity index (χ1v) is 23.6. The fourth-order valence-corrected chi connectivity index (χ4v) is 8.58. The smallest absolute Gasteiger partial charge is 0.338 e. The summed E-state index contributed by atoms with van der Waals surface area (Å²) in [6.07, 6.45) is -15.5. The van der Waals surface area contributed by atoms with Gasteiger partial charge in [0, 0.05) is 32.9 Å². The number of rotatable bonds is 17. The van der Waals surface area contributed by atoms with E-state index >= 15 is 0 Å². The van der Waals surface area contributed by atoms with Crippen LogP contribution in [-0.4, -0.2) is 124 Å². The Labute approximate surface area is 429 Å². The van der Waals surface area contributed by atoms with Crippen molar-refractivity contribution in [3.05, 3.63) is 155 Å². The van der Waals surface area contributed by atoms with E-state index in [1.54, 1.807) is 78.9 Å². The normalized spacial score (nSPS) is 23.9. The third-order valence-electron chi connectivity index (χ3n) is 12.0. The van der Waals surface area contributed by atoms with E-state index in [0.29, 0.717) is 11.3 Å². The van der Waals surface area contributed by atoms with E-state index in [-0.39, 0.29) is 45.9 Å². The molecule has 1 unspecified atom stereocenters. The summed E-state index contributed by atoms with van der Waals surface area (Å²) < 4.78 is 77.8. The summed E-state index contributed by atoms with van der Waals surface area (Å²) in [5, 5.41) is 0. The molecular formula is C55H52O20. The van der Waals surface area contributed by atoms with Crippen LogP contribution in [0.4, 0.5) is 0 Å². The van der Waals surface area contributed by atoms with E-state index in [1.165, 1.54) is 62.8 Å². The molecule has 0 aromatic heterocycles. The van der Waals surface area contributed by atoms with Crippen molar-refractivity contribution in [3.63, 3.8) is 0 Å². The topological polar surface area (TPSA) is 239 Å². The van der Waals surface area contributed by atoms with Crippen molar-refractivity contribution in [3.8, 4) is 23.0 Å². The van der Waals surface area contributed by atoms with Gasteiger partial charge in [-0.2, -0.15) is 0 Å². The van der Waals surface area contributed by atoms with Crippen LogP contribution in [0.5, 0.6) is 23.0 Å². The van der Waals surface area contributed by atoms with Crippen LogP contribution in [0.25, 0.3) is 0 Å². The van der Waals surface area contributed by atoms with Crippen LogP contribution < -0.4 is 18.9 Å². The molecule has 3 heterocycles. The summed E-state index contributed by atoms with van der Waals surface area (Å²) in [4.78, 5) is 94.1. The molecule has 0 spiro atoms. The summed E-state index contributed by atoms with van der Waals surface area (Å²) in [5.74, 6) is -4.99. The van der Waals surface area contributed by atoms with Gasteiger partial charge in [-0.15, -0.1) is 0 Å². The molecule has 0 radical (unpaired) electrons. The number of ketones is 1. The minimum absolute atomic E-state index is 0.0260. The lowest BCUT2D eigenvalue weighted by molar-refractivity contribution is -0.310. The minimum Gasteiger partial charge on any atom is -0.497 e. The summed E-state index contributed by atoms with van der Waals surface area (Å²) in [6, 6.07) is 33.6. The molecule has 10 atom stereocenters. The Bertz CT molecular complexity index is 2840. The third kappa shape index (κ3) is 12.9. The number of Topliss-reactive ketones (excluding diaryl/α,β-unsaturated/α-hetero) is 1. The number of esters is 6. The molecule has 0 aliphatic carbocycles. The van der Waals surface area contributed by atoms with Gasteiger partial charge in [-0.1, -0.05) is 66.7 Å². The Morgan fingerprint density at radius 1 is 0.547 bits per heavy atom. The SMILES string of the molecule is COc1ccc(C2CC(=O)c3c(cc(OC)cc3O[C@@H]3O[C@H](CO[C@@H]4OC[C@@H](OC(=O)c5ccccc5)[C@H](OC(=O)c5ccccc5)[C@H]4OC(=O)c4ccccc4)[C@@H](OC(C)=O)[C@H](OC(C)=O)[C@H]3OC(C)=O)O2)cc1. The number of hydrogen-bond donors (Lipinski definition) is 0. The van der Waals surface area contributed by atoms with Crippen molar-refractivity contribution in [2.45, 2.75) is 88.6 Å². The van der Waals surface area contributed by atoms with Crippen LogP contribution in [0.2, 0.25) is 0 Å². The van der Waals surface area contributed by atoms with Gasteiger partial charge in [-0.3, -0.25) is 19.2 Å². The van der Waals surface area contributed by atoms with Gasteiger partial charge in [-0.25, -0.2) is 14.4 Å². The van der Waals surface area contributed by atoms with Gasteiger partial charge in [0.25, 0.3) is 0 Å². The van der Waals surface area contributed by atoms with E-state index in [1.807, 2.05) is 0 Å². The first kappa shape index (κ1) is 53.0. The van der Waals surface area contributed by atoms with Gasteiger partial charge in [0.05, 0.1) is 50.5 Å². The van der Waals surface area contributed by atoms with E-state index in [4.69, 9.17) is 61.6 Å². The predicted molar refractivity (Wildman–Crippen MR) is 257 cm³/mol. The highest BCUT2D eigenvalue weighted by Crippen LogP contribution is 2.44. The zero-order valence-electron chi connectivity index (χ0n) is 41.2. The zero-order valence-corrected chi connectivity index (χ0v) is 41.2. The Morgan fingerprint density at radius 3 is 1.60 bits per heavy atom. The Morgan fingerprint density at radius 2 is 1.05 bits per heavy atom. The maximum Gasteiger partial charge on any atom is 0.338 e. The molecule has 0 amide bonds. The van der Waals surface area contributed by atoms with Crippen LogP contribution in [0.3, 0.4) is 0 Å². The second-order valence-electron chi connectivity index (χ2n) is 17.2. The van der Waals surface area contributed by atoms with Gasteiger partial charge < -0.3 is 61.6 Å². The number of carbonyl (C=O) groups excluding carboxylic acids is 7. The molecule has 5 aromatic rings. The van der Waals surface area contributed by atoms with Crippen molar-refractivity contribution in [2.24, 2.45) is 0 Å². The molecule has 5 aromatic carbocycles. The molecule has 20 nitrogen and oxygen atoms in total.